The molecule has 31 heavy (non-hydrogen) atoms. The van der Waals surface area contributed by atoms with Gasteiger partial charge in [0.25, 0.3) is 5.91 Å². The molecule has 1 atom stereocenters. The molecule has 2 aromatic rings. The topological polar surface area (TPSA) is 69.2 Å². The predicted octanol–water partition coefficient (Wildman–Crippen LogP) is 4.95. The van der Waals surface area contributed by atoms with Gasteiger partial charge in [-0.05, 0) is 55.8 Å². The van der Waals surface area contributed by atoms with Gasteiger partial charge in [0.05, 0.1) is 12.8 Å². The number of terminal acetylenes is 1. The minimum absolute atomic E-state index is 0.141. The van der Waals surface area contributed by atoms with Crippen LogP contribution in [0.4, 0.5) is 0 Å². The molecular weight excluding hydrogens is 460 g/mol. The van der Waals surface area contributed by atoms with E-state index in [9.17, 15) is 4.79 Å². The first kappa shape index (κ1) is 24.3. The Morgan fingerprint density at radius 2 is 1.94 bits per heavy atom. The SMILES string of the molecule is C#CCOc1ccc(Br)cc1/C=N\NC(=O)[C@H](C)Oc1ccc(OCCCCC)cc1. The van der Waals surface area contributed by atoms with E-state index in [1.54, 1.807) is 25.1 Å². The van der Waals surface area contributed by atoms with E-state index in [1.807, 2.05) is 24.3 Å². The lowest BCUT2D eigenvalue weighted by atomic mass is 10.2. The van der Waals surface area contributed by atoms with Crippen molar-refractivity contribution in [1.82, 2.24) is 5.43 Å². The summed E-state index contributed by atoms with van der Waals surface area (Å²) in [6.07, 6.45) is 9.34. The van der Waals surface area contributed by atoms with E-state index in [1.165, 1.54) is 6.21 Å². The van der Waals surface area contributed by atoms with Gasteiger partial charge in [0.15, 0.2) is 6.10 Å². The lowest BCUT2D eigenvalue weighted by Gasteiger charge is -2.13. The Labute approximate surface area is 192 Å². The standard InChI is InChI=1S/C24H27BrN2O4/c1-4-6-7-15-29-21-9-11-22(12-10-21)31-18(3)24(28)27-26-17-19-16-20(25)8-13-23(19)30-14-5-2/h2,8-13,16-18H,4,6-7,14-15H2,1,3H3,(H,27,28)/b26-17-/t18-/m0/s1. The Balaban J connectivity index is 1.86. The Morgan fingerprint density at radius 3 is 2.65 bits per heavy atom. The molecule has 0 aliphatic heterocycles. The fraction of sp³-hybridized carbons (Fsp3) is 0.333. The predicted molar refractivity (Wildman–Crippen MR) is 126 cm³/mol. The fourth-order valence-corrected chi connectivity index (χ4v) is 2.92. The zero-order chi connectivity index (χ0) is 22.5. The van der Waals surface area contributed by atoms with Gasteiger partial charge in [0.1, 0.15) is 23.9 Å². The van der Waals surface area contributed by atoms with E-state index in [0.717, 1.165) is 29.5 Å². The number of rotatable bonds is 12. The second kappa shape index (κ2) is 13.3. The normalized spacial score (nSPS) is 11.5. The molecule has 0 aromatic heterocycles. The van der Waals surface area contributed by atoms with Crippen LogP contribution in [-0.4, -0.2) is 31.4 Å². The van der Waals surface area contributed by atoms with E-state index in [2.05, 4.69) is 39.3 Å². The molecule has 0 radical (unpaired) electrons. The van der Waals surface area contributed by atoms with Crippen LogP contribution in [0.5, 0.6) is 17.2 Å². The van der Waals surface area contributed by atoms with Crippen LogP contribution in [0.1, 0.15) is 38.7 Å². The molecule has 0 saturated carbocycles. The van der Waals surface area contributed by atoms with E-state index < -0.39 is 6.10 Å². The number of hydrazone groups is 1. The molecule has 0 heterocycles. The zero-order valence-corrected chi connectivity index (χ0v) is 19.4. The molecule has 2 rings (SSSR count). The molecule has 164 valence electrons. The summed E-state index contributed by atoms with van der Waals surface area (Å²) in [4.78, 5) is 12.3. The highest BCUT2D eigenvalue weighted by Crippen LogP contribution is 2.22. The van der Waals surface area contributed by atoms with Crippen molar-refractivity contribution in [3.8, 4) is 29.6 Å². The lowest BCUT2D eigenvalue weighted by molar-refractivity contribution is -0.127. The van der Waals surface area contributed by atoms with Crippen LogP contribution in [0.25, 0.3) is 0 Å². The average Bonchev–Trinajstić information content (AvgIpc) is 2.77. The maximum absolute atomic E-state index is 12.3. The quantitative estimate of drug-likeness (QED) is 0.199. The van der Waals surface area contributed by atoms with Gasteiger partial charge in [-0.3, -0.25) is 4.79 Å². The number of nitrogens with one attached hydrogen (secondary N) is 1. The molecule has 0 spiro atoms. The fourth-order valence-electron chi connectivity index (χ4n) is 2.54. The second-order valence-corrected chi connectivity index (χ2v) is 7.61. The van der Waals surface area contributed by atoms with Gasteiger partial charge >= 0.3 is 0 Å². The first-order chi connectivity index (χ1) is 15.0. The minimum atomic E-state index is -0.729. The number of unbranched alkanes of at least 4 members (excludes halogenated alkanes) is 2. The first-order valence-corrected chi connectivity index (χ1v) is 10.9. The van der Waals surface area contributed by atoms with Crippen molar-refractivity contribution in [3.05, 3.63) is 52.5 Å². The summed E-state index contributed by atoms with van der Waals surface area (Å²) >= 11 is 3.40. The first-order valence-electron chi connectivity index (χ1n) is 10.1. The summed E-state index contributed by atoms with van der Waals surface area (Å²) in [5.74, 6) is 3.96. The number of carbonyl (C=O) groups excluding carboxylic acids is 1. The molecule has 0 aliphatic rings. The number of benzene rings is 2. The van der Waals surface area contributed by atoms with Gasteiger partial charge in [0.2, 0.25) is 0 Å². The molecule has 2 aromatic carbocycles. The molecule has 0 fully saturated rings. The van der Waals surface area contributed by atoms with Crippen molar-refractivity contribution < 1.29 is 19.0 Å². The third-order valence-corrected chi connectivity index (χ3v) is 4.68. The van der Waals surface area contributed by atoms with E-state index in [-0.39, 0.29) is 12.5 Å². The van der Waals surface area contributed by atoms with Crippen LogP contribution in [-0.2, 0) is 4.79 Å². The number of carbonyl (C=O) groups is 1. The summed E-state index contributed by atoms with van der Waals surface area (Å²) in [6, 6.07) is 12.6. The number of halogens is 1. The lowest BCUT2D eigenvalue weighted by Crippen LogP contribution is -2.33. The maximum atomic E-state index is 12.3. The highest BCUT2D eigenvalue weighted by molar-refractivity contribution is 9.10. The van der Waals surface area contributed by atoms with Crippen LogP contribution in [0.3, 0.4) is 0 Å². The Bertz CT molecular complexity index is 907. The third kappa shape index (κ3) is 8.73. The Kier molecular flexibility index (Phi) is 10.5. The van der Waals surface area contributed by atoms with E-state index >= 15 is 0 Å². The van der Waals surface area contributed by atoms with Gasteiger partial charge in [0, 0.05) is 10.0 Å². The van der Waals surface area contributed by atoms with Gasteiger partial charge in [-0.2, -0.15) is 5.10 Å². The number of ether oxygens (including phenoxy) is 3. The van der Waals surface area contributed by atoms with Crippen LogP contribution in [0.15, 0.2) is 52.0 Å². The van der Waals surface area contributed by atoms with E-state index in [4.69, 9.17) is 20.6 Å². The van der Waals surface area contributed by atoms with Gasteiger partial charge < -0.3 is 14.2 Å². The zero-order valence-electron chi connectivity index (χ0n) is 17.8. The van der Waals surface area contributed by atoms with Crippen LogP contribution < -0.4 is 19.6 Å². The molecule has 0 bridgehead atoms. The maximum Gasteiger partial charge on any atom is 0.280 e. The van der Waals surface area contributed by atoms with Crippen LogP contribution in [0.2, 0.25) is 0 Å². The highest BCUT2D eigenvalue weighted by atomic mass is 79.9. The molecule has 6 nitrogen and oxygen atoms in total. The molecular formula is C24H27BrN2O4. The smallest absolute Gasteiger partial charge is 0.280 e. The average molecular weight is 487 g/mol. The molecule has 0 aliphatic carbocycles. The summed E-state index contributed by atoms with van der Waals surface area (Å²) in [6.45, 7) is 4.64. The summed E-state index contributed by atoms with van der Waals surface area (Å²) < 4.78 is 17.7. The summed E-state index contributed by atoms with van der Waals surface area (Å²) in [7, 11) is 0. The van der Waals surface area contributed by atoms with Gasteiger partial charge in [-0.1, -0.05) is 41.6 Å². The summed E-state index contributed by atoms with van der Waals surface area (Å²) in [5.41, 5.74) is 3.15. The second-order valence-electron chi connectivity index (χ2n) is 6.70. The monoisotopic (exact) mass is 486 g/mol. The molecule has 1 amide bonds. The van der Waals surface area contributed by atoms with E-state index in [0.29, 0.717) is 23.7 Å². The van der Waals surface area contributed by atoms with Crippen molar-refractivity contribution in [3.63, 3.8) is 0 Å². The summed E-state index contributed by atoms with van der Waals surface area (Å²) in [5, 5.41) is 4.00. The molecule has 7 heteroatoms. The van der Waals surface area contributed by atoms with Crippen molar-refractivity contribution in [1.29, 1.82) is 0 Å². The molecule has 0 unspecified atom stereocenters. The van der Waals surface area contributed by atoms with Crippen LogP contribution in [0, 0.1) is 12.3 Å². The highest BCUT2D eigenvalue weighted by Gasteiger charge is 2.14. The van der Waals surface area contributed by atoms with Gasteiger partial charge in [-0.25, -0.2) is 5.43 Å². The molecule has 0 saturated heterocycles. The largest absolute Gasteiger partial charge is 0.494 e. The van der Waals surface area contributed by atoms with Crippen molar-refractivity contribution in [2.45, 2.75) is 39.2 Å². The van der Waals surface area contributed by atoms with Gasteiger partial charge in [-0.15, -0.1) is 6.42 Å². The Hall–Kier alpha value is -2.98. The minimum Gasteiger partial charge on any atom is -0.494 e. The molecule has 1 N–H and O–H groups in total. The van der Waals surface area contributed by atoms with Crippen molar-refractivity contribution in [2.24, 2.45) is 5.10 Å². The van der Waals surface area contributed by atoms with Crippen molar-refractivity contribution >= 4 is 28.1 Å². The number of hydrogen-bond donors (Lipinski definition) is 1. The third-order valence-electron chi connectivity index (χ3n) is 4.18. The Morgan fingerprint density at radius 1 is 1.19 bits per heavy atom. The number of hydrogen-bond acceptors (Lipinski definition) is 5. The number of nitrogens with zero attached hydrogens (tertiary/aromatic N) is 1. The van der Waals surface area contributed by atoms with Crippen LogP contribution >= 0.6 is 15.9 Å². The number of amides is 1. The van der Waals surface area contributed by atoms with Crippen molar-refractivity contribution in [2.75, 3.05) is 13.2 Å².